The van der Waals surface area contributed by atoms with Crippen LogP contribution in [0.15, 0.2) is 42.5 Å². The monoisotopic (exact) mass is 353 g/mol. The maximum atomic E-state index is 12.2. The summed E-state index contributed by atoms with van der Waals surface area (Å²) in [7, 11) is 0. The van der Waals surface area contributed by atoms with Crippen molar-refractivity contribution in [2.45, 2.75) is 20.8 Å². The molecule has 0 amide bonds. The van der Waals surface area contributed by atoms with Gasteiger partial charge >= 0.3 is 5.97 Å². The number of carbonyl (C=O) groups is 2. The van der Waals surface area contributed by atoms with Crippen LogP contribution in [0.3, 0.4) is 0 Å². The summed E-state index contributed by atoms with van der Waals surface area (Å²) in [5, 5.41) is 10.6. The van der Waals surface area contributed by atoms with Crippen molar-refractivity contribution in [2.75, 3.05) is 6.61 Å². The van der Waals surface area contributed by atoms with Crippen molar-refractivity contribution in [1.29, 1.82) is 0 Å². The normalized spacial score (nSPS) is 10.7. The molecular formula is C20H19NO5. The van der Waals surface area contributed by atoms with Crippen molar-refractivity contribution < 1.29 is 19.2 Å². The van der Waals surface area contributed by atoms with Crippen LogP contribution in [0.4, 0.5) is 5.69 Å². The summed E-state index contributed by atoms with van der Waals surface area (Å²) < 4.78 is 4.98. The molecule has 0 radical (unpaired) electrons. The zero-order valence-electron chi connectivity index (χ0n) is 14.8. The number of hydrogen-bond acceptors (Lipinski definition) is 5. The Hall–Kier alpha value is -3.28. The Morgan fingerprint density at radius 1 is 1.04 bits per heavy atom. The predicted octanol–water partition coefficient (Wildman–Crippen LogP) is 3.96. The van der Waals surface area contributed by atoms with Gasteiger partial charge in [0.1, 0.15) is 0 Å². The molecule has 6 heteroatoms. The van der Waals surface area contributed by atoms with E-state index >= 15 is 0 Å². The fourth-order valence-corrected chi connectivity index (χ4v) is 2.39. The van der Waals surface area contributed by atoms with Crippen molar-refractivity contribution >= 4 is 23.5 Å². The van der Waals surface area contributed by atoms with E-state index in [1.807, 2.05) is 26.8 Å². The maximum Gasteiger partial charge on any atom is 0.331 e. The van der Waals surface area contributed by atoms with Crippen LogP contribution >= 0.6 is 0 Å². The van der Waals surface area contributed by atoms with Crippen molar-refractivity contribution in [1.82, 2.24) is 0 Å². The summed E-state index contributed by atoms with van der Waals surface area (Å²) in [4.78, 5) is 34.1. The first kappa shape index (κ1) is 19.1. The molecule has 0 saturated heterocycles. The van der Waals surface area contributed by atoms with E-state index in [9.17, 15) is 19.7 Å². The largest absolute Gasteiger partial charge is 0.454 e. The van der Waals surface area contributed by atoms with Crippen LogP contribution < -0.4 is 0 Å². The molecule has 0 aliphatic carbocycles. The molecule has 6 nitrogen and oxygen atoms in total. The SMILES string of the molecule is Cc1cc(C)c(C(=O)COC(=O)/C=C/c2ccc([N+](=O)[O-])cc2)cc1C. The Balaban J connectivity index is 1.95. The molecule has 0 fully saturated rings. The Bertz CT molecular complexity index is 882. The quantitative estimate of drug-likeness (QED) is 0.258. The molecule has 0 saturated carbocycles. The van der Waals surface area contributed by atoms with Crippen LogP contribution in [0.25, 0.3) is 6.08 Å². The highest BCUT2D eigenvalue weighted by Crippen LogP contribution is 2.16. The van der Waals surface area contributed by atoms with Gasteiger partial charge in [-0.15, -0.1) is 0 Å². The first-order chi connectivity index (χ1) is 12.3. The van der Waals surface area contributed by atoms with Gasteiger partial charge in [0.2, 0.25) is 5.78 Å². The van der Waals surface area contributed by atoms with Crippen LogP contribution in [0.5, 0.6) is 0 Å². The third kappa shape index (κ3) is 4.86. The molecule has 0 aromatic heterocycles. The van der Waals surface area contributed by atoms with Crippen LogP contribution in [0.2, 0.25) is 0 Å². The summed E-state index contributed by atoms with van der Waals surface area (Å²) in [6.45, 7) is 5.40. The molecule has 0 N–H and O–H groups in total. The van der Waals surface area contributed by atoms with E-state index in [1.165, 1.54) is 36.4 Å². The van der Waals surface area contributed by atoms with E-state index in [0.29, 0.717) is 11.1 Å². The van der Waals surface area contributed by atoms with Gasteiger partial charge in [0, 0.05) is 23.8 Å². The lowest BCUT2D eigenvalue weighted by molar-refractivity contribution is -0.384. The van der Waals surface area contributed by atoms with E-state index in [-0.39, 0.29) is 18.1 Å². The van der Waals surface area contributed by atoms with Gasteiger partial charge in [0.15, 0.2) is 6.61 Å². The predicted molar refractivity (Wildman–Crippen MR) is 98.1 cm³/mol. The summed E-state index contributed by atoms with van der Waals surface area (Å²) in [5.41, 5.74) is 4.07. The van der Waals surface area contributed by atoms with Gasteiger partial charge in [-0.2, -0.15) is 0 Å². The lowest BCUT2D eigenvalue weighted by Crippen LogP contribution is -2.14. The minimum Gasteiger partial charge on any atom is -0.454 e. The highest BCUT2D eigenvalue weighted by molar-refractivity contribution is 6.00. The molecule has 0 atom stereocenters. The summed E-state index contributed by atoms with van der Waals surface area (Å²) in [6.07, 6.45) is 2.65. The molecule has 0 bridgehead atoms. The highest BCUT2D eigenvalue weighted by atomic mass is 16.6. The zero-order valence-corrected chi connectivity index (χ0v) is 14.8. The lowest BCUT2D eigenvalue weighted by atomic mass is 9.98. The summed E-state index contributed by atoms with van der Waals surface area (Å²) in [5.74, 6) is -0.916. The molecule has 2 rings (SSSR count). The number of carbonyl (C=O) groups excluding carboxylic acids is 2. The number of ether oxygens (including phenoxy) is 1. The van der Waals surface area contributed by atoms with Gasteiger partial charge in [0.05, 0.1) is 4.92 Å². The van der Waals surface area contributed by atoms with Crippen molar-refractivity contribution in [2.24, 2.45) is 0 Å². The van der Waals surface area contributed by atoms with Gasteiger partial charge in [-0.05, 0) is 67.3 Å². The number of esters is 1. The fourth-order valence-electron chi connectivity index (χ4n) is 2.39. The van der Waals surface area contributed by atoms with E-state index in [2.05, 4.69) is 0 Å². The molecule has 0 aliphatic rings. The second-order valence-corrected chi connectivity index (χ2v) is 5.96. The number of nitro groups is 1. The van der Waals surface area contributed by atoms with Crippen molar-refractivity contribution in [3.63, 3.8) is 0 Å². The number of nitrogens with zero attached hydrogens (tertiary/aromatic N) is 1. The number of hydrogen-bond donors (Lipinski definition) is 0. The van der Waals surface area contributed by atoms with Crippen LogP contribution in [-0.4, -0.2) is 23.3 Å². The number of non-ortho nitro benzene ring substituents is 1. The molecule has 0 heterocycles. The van der Waals surface area contributed by atoms with Crippen molar-refractivity contribution in [3.8, 4) is 0 Å². The second kappa shape index (κ2) is 8.20. The molecular weight excluding hydrogens is 334 g/mol. The number of rotatable bonds is 6. The highest BCUT2D eigenvalue weighted by Gasteiger charge is 2.12. The van der Waals surface area contributed by atoms with E-state index in [4.69, 9.17) is 4.74 Å². The zero-order chi connectivity index (χ0) is 19.3. The fraction of sp³-hybridized carbons (Fsp3) is 0.200. The molecule has 134 valence electrons. The first-order valence-corrected chi connectivity index (χ1v) is 7.98. The average Bonchev–Trinajstić information content (AvgIpc) is 2.61. The standard InChI is InChI=1S/C20H19NO5/c1-13-10-15(3)18(11-14(13)2)19(22)12-26-20(23)9-6-16-4-7-17(8-5-16)21(24)25/h4-11H,12H2,1-3H3/b9-6+. The third-order valence-electron chi connectivity index (χ3n) is 4.00. The molecule has 2 aromatic rings. The molecule has 2 aromatic carbocycles. The Labute approximate surface area is 151 Å². The van der Waals surface area contributed by atoms with Crippen LogP contribution in [-0.2, 0) is 9.53 Å². The van der Waals surface area contributed by atoms with Gasteiger partial charge in [0.25, 0.3) is 5.69 Å². The average molecular weight is 353 g/mol. The van der Waals surface area contributed by atoms with E-state index in [0.717, 1.165) is 16.7 Å². The molecule has 0 aliphatic heterocycles. The van der Waals surface area contributed by atoms with Crippen LogP contribution in [0.1, 0.15) is 32.6 Å². The first-order valence-electron chi connectivity index (χ1n) is 7.98. The number of ketones is 1. The van der Waals surface area contributed by atoms with E-state index < -0.39 is 10.9 Å². The number of aryl methyl sites for hydroxylation is 3. The topological polar surface area (TPSA) is 86.5 Å². The summed E-state index contributed by atoms with van der Waals surface area (Å²) in [6, 6.07) is 9.46. The Morgan fingerprint density at radius 3 is 2.27 bits per heavy atom. The molecule has 0 spiro atoms. The molecule has 0 unspecified atom stereocenters. The Kier molecular flexibility index (Phi) is 6.01. The Morgan fingerprint density at radius 2 is 1.65 bits per heavy atom. The smallest absolute Gasteiger partial charge is 0.331 e. The van der Waals surface area contributed by atoms with Gasteiger partial charge in [-0.3, -0.25) is 14.9 Å². The van der Waals surface area contributed by atoms with Gasteiger partial charge in [-0.25, -0.2) is 4.79 Å². The number of Topliss-reactive ketones (excluding diaryl/α,β-unsaturated/α-hetero) is 1. The van der Waals surface area contributed by atoms with E-state index in [1.54, 1.807) is 6.07 Å². The van der Waals surface area contributed by atoms with Crippen molar-refractivity contribution in [3.05, 3.63) is 80.4 Å². The van der Waals surface area contributed by atoms with Crippen LogP contribution in [0, 0.1) is 30.9 Å². The minimum absolute atomic E-state index is 0.0286. The maximum absolute atomic E-state index is 12.2. The van der Waals surface area contributed by atoms with Gasteiger partial charge < -0.3 is 4.74 Å². The number of benzene rings is 2. The number of nitro benzene ring substituents is 1. The lowest BCUT2D eigenvalue weighted by Gasteiger charge is -2.09. The third-order valence-corrected chi connectivity index (χ3v) is 4.00. The van der Waals surface area contributed by atoms with Gasteiger partial charge in [-0.1, -0.05) is 6.07 Å². The second-order valence-electron chi connectivity index (χ2n) is 5.96. The summed E-state index contributed by atoms with van der Waals surface area (Å²) >= 11 is 0. The minimum atomic E-state index is -0.654. The molecule has 26 heavy (non-hydrogen) atoms.